The average molecular weight is 431 g/mol. The second-order valence-electron chi connectivity index (χ2n) is 7.45. The van der Waals surface area contributed by atoms with Crippen LogP contribution in [0.4, 0.5) is 0 Å². The first-order valence-corrected chi connectivity index (χ1v) is 10.2. The fourth-order valence-electron chi connectivity index (χ4n) is 3.72. The number of carbonyl (C=O) groups is 1. The molecule has 6 nitrogen and oxygen atoms in total. The standard InChI is InChI=1S/C27H17N3O3/c31-25-13-12-23(29-30-25)18-7-4-17(5-8-18)6-9-20-2-1-3-22(27(32)33)26(20)21-11-10-19-14-15-28-24(19)16-21/h1-5,7-8,10-16,28H,(H,30,31)(H,32,33). The first-order chi connectivity index (χ1) is 16.1. The van der Waals surface area contributed by atoms with Gasteiger partial charge in [0.2, 0.25) is 0 Å². The van der Waals surface area contributed by atoms with Crippen LogP contribution in [0.2, 0.25) is 0 Å². The van der Waals surface area contributed by atoms with Crippen LogP contribution in [0.5, 0.6) is 0 Å². The van der Waals surface area contributed by atoms with E-state index in [0.717, 1.165) is 27.6 Å². The van der Waals surface area contributed by atoms with Crippen molar-refractivity contribution in [3.8, 4) is 34.2 Å². The number of nitrogens with zero attached hydrogens (tertiary/aromatic N) is 1. The summed E-state index contributed by atoms with van der Waals surface area (Å²) in [5.41, 5.74) is 5.16. The van der Waals surface area contributed by atoms with Gasteiger partial charge in [0.05, 0.1) is 11.3 Å². The molecule has 5 rings (SSSR count). The molecule has 6 heteroatoms. The highest BCUT2D eigenvalue weighted by Gasteiger charge is 2.15. The number of aromatic nitrogens is 3. The summed E-state index contributed by atoms with van der Waals surface area (Å²) >= 11 is 0. The second-order valence-corrected chi connectivity index (χ2v) is 7.45. The van der Waals surface area contributed by atoms with Gasteiger partial charge in [-0.25, -0.2) is 9.89 Å². The van der Waals surface area contributed by atoms with Crippen molar-refractivity contribution in [2.45, 2.75) is 0 Å². The Labute approximate surface area is 188 Å². The summed E-state index contributed by atoms with van der Waals surface area (Å²) in [6.45, 7) is 0. The number of benzene rings is 3. The van der Waals surface area contributed by atoms with E-state index in [4.69, 9.17) is 0 Å². The largest absolute Gasteiger partial charge is 0.478 e. The van der Waals surface area contributed by atoms with Crippen molar-refractivity contribution >= 4 is 16.9 Å². The van der Waals surface area contributed by atoms with Crippen molar-refractivity contribution in [1.82, 2.24) is 15.2 Å². The van der Waals surface area contributed by atoms with Gasteiger partial charge < -0.3 is 10.1 Å². The van der Waals surface area contributed by atoms with Gasteiger partial charge in [-0.3, -0.25) is 4.79 Å². The van der Waals surface area contributed by atoms with Gasteiger partial charge in [-0.1, -0.05) is 42.2 Å². The minimum atomic E-state index is -1.00. The zero-order valence-electron chi connectivity index (χ0n) is 17.3. The SMILES string of the molecule is O=C(O)c1cccc(C#Cc2ccc(-c3ccc(=O)[nH]n3)cc2)c1-c1ccc2cc[nH]c2c1. The van der Waals surface area contributed by atoms with Crippen LogP contribution >= 0.6 is 0 Å². The Morgan fingerprint density at radius 3 is 2.45 bits per heavy atom. The number of carboxylic acid groups (broad SMARTS) is 1. The van der Waals surface area contributed by atoms with E-state index >= 15 is 0 Å². The lowest BCUT2D eigenvalue weighted by atomic mass is 9.93. The number of carboxylic acids is 1. The predicted octanol–water partition coefficient (Wildman–Crippen LogP) is 4.68. The number of aromatic carboxylic acids is 1. The van der Waals surface area contributed by atoms with Crippen LogP contribution in [0.3, 0.4) is 0 Å². The van der Waals surface area contributed by atoms with Crippen molar-refractivity contribution in [2.75, 3.05) is 0 Å². The molecule has 0 unspecified atom stereocenters. The maximum atomic E-state index is 11.9. The molecular weight excluding hydrogens is 414 g/mol. The van der Waals surface area contributed by atoms with E-state index in [2.05, 4.69) is 27.0 Å². The van der Waals surface area contributed by atoms with E-state index in [1.165, 1.54) is 6.07 Å². The van der Waals surface area contributed by atoms with Crippen LogP contribution in [-0.4, -0.2) is 26.3 Å². The minimum Gasteiger partial charge on any atom is -0.478 e. The van der Waals surface area contributed by atoms with Crippen molar-refractivity contribution in [1.29, 1.82) is 0 Å². The maximum absolute atomic E-state index is 11.9. The molecule has 2 aromatic heterocycles. The van der Waals surface area contributed by atoms with Gasteiger partial charge in [0.1, 0.15) is 0 Å². The molecule has 0 radical (unpaired) electrons. The lowest BCUT2D eigenvalue weighted by molar-refractivity contribution is 0.0697. The monoisotopic (exact) mass is 431 g/mol. The van der Waals surface area contributed by atoms with Crippen LogP contribution in [0.25, 0.3) is 33.3 Å². The van der Waals surface area contributed by atoms with Crippen molar-refractivity contribution in [3.63, 3.8) is 0 Å². The van der Waals surface area contributed by atoms with Crippen molar-refractivity contribution in [3.05, 3.63) is 112 Å². The van der Waals surface area contributed by atoms with Crippen molar-refractivity contribution in [2.24, 2.45) is 0 Å². The first kappa shape index (κ1) is 20.0. The zero-order chi connectivity index (χ0) is 22.8. The Bertz CT molecular complexity index is 1600. The molecule has 0 saturated heterocycles. The van der Waals surface area contributed by atoms with Gasteiger partial charge in [-0.2, -0.15) is 5.10 Å². The van der Waals surface area contributed by atoms with Gasteiger partial charge in [0, 0.05) is 40.0 Å². The summed E-state index contributed by atoms with van der Waals surface area (Å²) in [5, 5.41) is 17.3. The number of fused-ring (bicyclic) bond motifs is 1. The average Bonchev–Trinajstić information content (AvgIpc) is 3.31. The Kier molecular flexibility index (Phi) is 5.06. The topological polar surface area (TPSA) is 98.8 Å². The third kappa shape index (κ3) is 4.03. The van der Waals surface area contributed by atoms with Gasteiger partial charge >= 0.3 is 5.97 Å². The first-order valence-electron chi connectivity index (χ1n) is 10.2. The summed E-state index contributed by atoms with van der Waals surface area (Å²) in [7, 11) is 0. The Morgan fingerprint density at radius 2 is 1.70 bits per heavy atom. The summed E-state index contributed by atoms with van der Waals surface area (Å²) < 4.78 is 0. The Hall–Kier alpha value is -4.89. The highest BCUT2D eigenvalue weighted by Crippen LogP contribution is 2.30. The predicted molar refractivity (Wildman–Crippen MR) is 127 cm³/mol. The molecule has 33 heavy (non-hydrogen) atoms. The molecule has 5 aromatic rings. The number of nitrogens with one attached hydrogen (secondary N) is 2. The fraction of sp³-hybridized carbons (Fsp3) is 0. The lowest BCUT2D eigenvalue weighted by Crippen LogP contribution is -2.05. The quantitative estimate of drug-likeness (QED) is 0.361. The normalized spacial score (nSPS) is 10.5. The zero-order valence-corrected chi connectivity index (χ0v) is 17.3. The van der Waals surface area contributed by atoms with Crippen LogP contribution in [0.15, 0.2) is 89.9 Å². The molecule has 0 bridgehead atoms. The second kappa shape index (κ2) is 8.33. The van der Waals surface area contributed by atoms with Crippen LogP contribution in [0, 0.1) is 11.8 Å². The lowest BCUT2D eigenvalue weighted by Gasteiger charge is -2.10. The van der Waals surface area contributed by atoms with Gasteiger partial charge in [-0.05, 0) is 53.4 Å². The van der Waals surface area contributed by atoms with E-state index in [9.17, 15) is 14.7 Å². The third-order valence-corrected chi connectivity index (χ3v) is 5.34. The molecule has 3 aromatic carbocycles. The summed E-state index contributed by atoms with van der Waals surface area (Å²) in [6, 6.07) is 23.5. The number of rotatable bonds is 3. The van der Waals surface area contributed by atoms with E-state index in [-0.39, 0.29) is 11.1 Å². The van der Waals surface area contributed by atoms with Crippen molar-refractivity contribution < 1.29 is 9.90 Å². The number of H-pyrrole nitrogens is 2. The highest BCUT2D eigenvalue weighted by molar-refractivity contribution is 5.99. The minimum absolute atomic E-state index is 0.201. The van der Waals surface area contributed by atoms with E-state index < -0.39 is 5.97 Å². The summed E-state index contributed by atoms with van der Waals surface area (Å²) in [4.78, 5) is 26.3. The van der Waals surface area contributed by atoms with Crippen LogP contribution in [-0.2, 0) is 0 Å². The molecule has 158 valence electrons. The molecule has 0 fully saturated rings. The summed E-state index contributed by atoms with van der Waals surface area (Å²) in [6.07, 6.45) is 1.85. The van der Waals surface area contributed by atoms with Crippen LogP contribution < -0.4 is 5.56 Å². The molecule has 0 aliphatic rings. The maximum Gasteiger partial charge on any atom is 0.336 e. The van der Waals surface area contributed by atoms with Crippen LogP contribution in [0.1, 0.15) is 21.5 Å². The van der Waals surface area contributed by atoms with Gasteiger partial charge in [0.25, 0.3) is 5.56 Å². The third-order valence-electron chi connectivity index (χ3n) is 5.34. The Morgan fingerprint density at radius 1 is 0.879 bits per heavy atom. The van der Waals surface area contributed by atoms with Gasteiger partial charge in [0.15, 0.2) is 0 Å². The smallest absolute Gasteiger partial charge is 0.336 e. The molecule has 0 aliphatic heterocycles. The van der Waals surface area contributed by atoms with E-state index in [0.29, 0.717) is 16.8 Å². The van der Waals surface area contributed by atoms with E-state index in [1.54, 1.807) is 18.2 Å². The molecule has 0 amide bonds. The van der Waals surface area contributed by atoms with E-state index in [1.807, 2.05) is 60.8 Å². The molecular formula is C27H17N3O3. The molecule has 3 N–H and O–H groups in total. The molecule has 0 saturated carbocycles. The Balaban J connectivity index is 1.54. The number of hydrogen-bond donors (Lipinski definition) is 3. The molecule has 0 spiro atoms. The summed E-state index contributed by atoms with van der Waals surface area (Å²) in [5.74, 6) is 5.27. The number of hydrogen-bond acceptors (Lipinski definition) is 3. The number of aromatic amines is 2. The molecule has 0 aliphatic carbocycles. The molecule has 0 atom stereocenters. The fourth-order valence-corrected chi connectivity index (χ4v) is 3.72. The van der Waals surface area contributed by atoms with Gasteiger partial charge in [-0.15, -0.1) is 0 Å². The highest BCUT2D eigenvalue weighted by atomic mass is 16.4. The molecule has 2 heterocycles.